The monoisotopic (exact) mass is 268 g/mol. The van der Waals surface area contributed by atoms with E-state index in [-0.39, 0.29) is 5.92 Å². The smallest absolute Gasteiger partial charge is 0.0713 e. The van der Waals surface area contributed by atoms with Crippen molar-refractivity contribution in [3.63, 3.8) is 0 Å². The molecule has 20 heavy (non-hydrogen) atoms. The first-order valence-electron chi connectivity index (χ1n) is 6.89. The highest BCUT2D eigenvalue weighted by Crippen LogP contribution is 2.33. The Morgan fingerprint density at radius 3 is 2.70 bits per heavy atom. The van der Waals surface area contributed by atoms with E-state index >= 15 is 0 Å². The van der Waals surface area contributed by atoms with Crippen LogP contribution in [0.25, 0.3) is 10.9 Å². The Labute approximate surface area is 118 Å². The fourth-order valence-electron chi connectivity index (χ4n) is 2.99. The van der Waals surface area contributed by atoms with Crippen LogP contribution in [0, 0.1) is 13.8 Å². The van der Waals surface area contributed by atoms with Crippen molar-refractivity contribution in [3.05, 3.63) is 53.0 Å². The van der Waals surface area contributed by atoms with Gasteiger partial charge in [0, 0.05) is 41.8 Å². The number of aromatic nitrogens is 3. The average molecular weight is 268 g/mol. The zero-order chi connectivity index (χ0) is 14.3. The number of aromatic amines is 1. The first kappa shape index (κ1) is 12.9. The summed E-state index contributed by atoms with van der Waals surface area (Å²) in [5, 5.41) is 8.69. The molecule has 0 radical (unpaired) electrons. The van der Waals surface area contributed by atoms with Gasteiger partial charge in [0.15, 0.2) is 0 Å². The standard InChI is InChI=1S/C16H20N4/c1-10-8-14(19-18-10)13(9-17)16-11(2)20(3)15-7-5-4-6-12(15)16/h4-8,13H,9,17H2,1-3H3,(H,18,19). The molecule has 3 aromatic rings. The van der Waals surface area contributed by atoms with Gasteiger partial charge in [-0.25, -0.2) is 0 Å². The van der Waals surface area contributed by atoms with E-state index in [1.54, 1.807) is 0 Å². The van der Waals surface area contributed by atoms with Crippen LogP contribution in [0.15, 0.2) is 30.3 Å². The number of fused-ring (bicyclic) bond motifs is 1. The van der Waals surface area contributed by atoms with Crippen molar-refractivity contribution in [1.29, 1.82) is 0 Å². The lowest BCUT2D eigenvalue weighted by atomic mass is 9.93. The number of para-hydroxylation sites is 1. The highest BCUT2D eigenvalue weighted by molar-refractivity contribution is 5.86. The van der Waals surface area contributed by atoms with Crippen LogP contribution in [0.5, 0.6) is 0 Å². The average Bonchev–Trinajstić information content (AvgIpc) is 2.98. The molecule has 0 saturated heterocycles. The molecule has 2 aromatic heterocycles. The summed E-state index contributed by atoms with van der Waals surface area (Å²) in [6, 6.07) is 10.5. The molecule has 1 aromatic carbocycles. The van der Waals surface area contributed by atoms with Crippen LogP contribution in [-0.2, 0) is 7.05 Å². The van der Waals surface area contributed by atoms with E-state index in [4.69, 9.17) is 5.73 Å². The first-order chi connectivity index (χ1) is 9.63. The Hall–Kier alpha value is -2.07. The number of hydrogen-bond acceptors (Lipinski definition) is 2. The number of rotatable bonds is 3. The highest BCUT2D eigenvalue weighted by atomic mass is 15.1. The molecule has 0 saturated carbocycles. The Morgan fingerprint density at radius 1 is 1.30 bits per heavy atom. The number of nitrogens with zero attached hydrogens (tertiary/aromatic N) is 2. The van der Waals surface area contributed by atoms with E-state index in [0.29, 0.717) is 6.54 Å². The Bertz CT molecular complexity index is 751. The van der Waals surface area contributed by atoms with Crippen molar-refractivity contribution < 1.29 is 0 Å². The molecule has 0 spiro atoms. The molecule has 1 atom stereocenters. The summed E-state index contributed by atoms with van der Waals surface area (Å²) < 4.78 is 2.23. The van der Waals surface area contributed by atoms with Gasteiger partial charge in [0.2, 0.25) is 0 Å². The normalized spacial score (nSPS) is 13.0. The maximum atomic E-state index is 6.05. The third-order valence-electron chi connectivity index (χ3n) is 4.12. The number of aryl methyl sites for hydroxylation is 2. The maximum absolute atomic E-state index is 6.05. The third-order valence-corrected chi connectivity index (χ3v) is 4.12. The molecule has 104 valence electrons. The second-order valence-corrected chi connectivity index (χ2v) is 5.34. The van der Waals surface area contributed by atoms with E-state index in [1.165, 1.54) is 22.2 Å². The van der Waals surface area contributed by atoms with Gasteiger partial charge < -0.3 is 10.3 Å². The van der Waals surface area contributed by atoms with Crippen LogP contribution < -0.4 is 5.73 Å². The van der Waals surface area contributed by atoms with E-state index in [9.17, 15) is 0 Å². The zero-order valence-corrected chi connectivity index (χ0v) is 12.1. The molecule has 0 aliphatic rings. The SMILES string of the molecule is Cc1cc(C(CN)c2c(C)n(C)c3ccccc23)n[nH]1. The molecule has 2 heterocycles. The molecule has 3 N–H and O–H groups in total. The number of nitrogens with two attached hydrogens (primary N) is 1. The number of hydrogen-bond donors (Lipinski definition) is 2. The van der Waals surface area contributed by atoms with E-state index < -0.39 is 0 Å². The Kier molecular flexibility index (Phi) is 3.10. The van der Waals surface area contributed by atoms with Gasteiger partial charge in [0.1, 0.15) is 0 Å². The number of nitrogens with one attached hydrogen (secondary N) is 1. The molecular formula is C16H20N4. The van der Waals surface area contributed by atoms with Crippen molar-refractivity contribution in [3.8, 4) is 0 Å². The van der Waals surface area contributed by atoms with Crippen molar-refractivity contribution in [1.82, 2.24) is 14.8 Å². The first-order valence-corrected chi connectivity index (χ1v) is 6.89. The van der Waals surface area contributed by atoms with Crippen LogP contribution in [0.2, 0.25) is 0 Å². The summed E-state index contributed by atoms with van der Waals surface area (Å²) in [5.41, 5.74) is 11.9. The topological polar surface area (TPSA) is 59.6 Å². The van der Waals surface area contributed by atoms with Crippen molar-refractivity contribution in [2.24, 2.45) is 12.8 Å². The minimum Gasteiger partial charge on any atom is -0.348 e. The van der Waals surface area contributed by atoms with Gasteiger partial charge in [-0.2, -0.15) is 5.10 Å². The number of benzene rings is 1. The highest BCUT2D eigenvalue weighted by Gasteiger charge is 2.22. The molecule has 0 fully saturated rings. The van der Waals surface area contributed by atoms with Crippen molar-refractivity contribution in [2.45, 2.75) is 19.8 Å². The maximum Gasteiger partial charge on any atom is 0.0713 e. The molecule has 0 bridgehead atoms. The van der Waals surface area contributed by atoms with Gasteiger partial charge in [0.25, 0.3) is 0 Å². The molecule has 4 nitrogen and oxygen atoms in total. The van der Waals surface area contributed by atoms with Crippen LogP contribution in [-0.4, -0.2) is 21.3 Å². The van der Waals surface area contributed by atoms with Gasteiger partial charge in [0.05, 0.1) is 5.69 Å². The van der Waals surface area contributed by atoms with Crippen molar-refractivity contribution >= 4 is 10.9 Å². The predicted octanol–water partition coefficient (Wildman–Crippen LogP) is 2.61. The molecule has 4 heteroatoms. The fraction of sp³-hybridized carbons (Fsp3) is 0.312. The quantitative estimate of drug-likeness (QED) is 0.767. The summed E-state index contributed by atoms with van der Waals surface area (Å²) in [6.07, 6.45) is 0. The Morgan fingerprint density at radius 2 is 2.05 bits per heavy atom. The summed E-state index contributed by atoms with van der Waals surface area (Å²) >= 11 is 0. The lowest BCUT2D eigenvalue weighted by molar-refractivity contribution is 0.766. The van der Waals surface area contributed by atoms with Crippen LogP contribution in [0.1, 0.15) is 28.6 Å². The van der Waals surface area contributed by atoms with E-state index in [2.05, 4.69) is 59.1 Å². The summed E-state index contributed by atoms with van der Waals surface area (Å²) in [5.74, 6) is 0.131. The molecule has 0 aliphatic heterocycles. The largest absolute Gasteiger partial charge is 0.348 e. The van der Waals surface area contributed by atoms with Crippen LogP contribution in [0.3, 0.4) is 0 Å². The fourth-order valence-corrected chi connectivity index (χ4v) is 2.99. The molecular weight excluding hydrogens is 248 g/mol. The predicted molar refractivity (Wildman–Crippen MR) is 81.9 cm³/mol. The molecule has 3 rings (SSSR count). The molecule has 0 aliphatic carbocycles. The second-order valence-electron chi connectivity index (χ2n) is 5.34. The van der Waals surface area contributed by atoms with E-state index in [1.807, 2.05) is 6.92 Å². The van der Waals surface area contributed by atoms with Gasteiger partial charge in [-0.3, -0.25) is 5.10 Å². The summed E-state index contributed by atoms with van der Waals surface area (Å²) in [6.45, 7) is 4.72. The van der Waals surface area contributed by atoms with Gasteiger partial charge in [-0.15, -0.1) is 0 Å². The lowest BCUT2D eigenvalue weighted by Gasteiger charge is -2.13. The van der Waals surface area contributed by atoms with Gasteiger partial charge in [-0.1, -0.05) is 18.2 Å². The van der Waals surface area contributed by atoms with E-state index in [0.717, 1.165) is 11.4 Å². The Balaban J connectivity index is 2.24. The molecule has 0 amide bonds. The summed E-state index contributed by atoms with van der Waals surface area (Å²) in [4.78, 5) is 0. The van der Waals surface area contributed by atoms with Crippen LogP contribution >= 0.6 is 0 Å². The molecule has 1 unspecified atom stereocenters. The summed E-state index contributed by atoms with van der Waals surface area (Å²) in [7, 11) is 2.10. The number of H-pyrrole nitrogens is 1. The lowest BCUT2D eigenvalue weighted by Crippen LogP contribution is -2.15. The van der Waals surface area contributed by atoms with Crippen LogP contribution in [0.4, 0.5) is 0 Å². The van der Waals surface area contributed by atoms with Gasteiger partial charge in [-0.05, 0) is 31.5 Å². The third kappa shape index (κ3) is 1.84. The minimum atomic E-state index is 0.131. The second kappa shape index (κ2) is 4.80. The minimum absolute atomic E-state index is 0.131. The van der Waals surface area contributed by atoms with Crippen molar-refractivity contribution in [2.75, 3.05) is 6.54 Å². The van der Waals surface area contributed by atoms with Gasteiger partial charge >= 0.3 is 0 Å². The zero-order valence-electron chi connectivity index (χ0n) is 12.1.